The summed E-state index contributed by atoms with van der Waals surface area (Å²) >= 11 is 0. The molecule has 7 heteroatoms. The molecule has 4 unspecified atom stereocenters. The maximum absolute atomic E-state index is 13.7. The number of benzene rings is 3. The number of amides is 3. The minimum atomic E-state index is -0.907. The van der Waals surface area contributed by atoms with Crippen LogP contribution in [0.25, 0.3) is 0 Å². The summed E-state index contributed by atoms with van der Waals surface area (Å²) in [6.45, 7) is 0. The molecule has 0 bridgehead atoms. The number of carbonyl (C=O) groups is 3. The average molecular weight is 436 g/mol. The molecule has 162 valence electrons. The number of hydrogen-bond donors (Lipinski definition) is 1. The molecule has 3 aromatic carbocycles. The van der Waals surface area contributed by atoms with Gasteiger partial charge >= 0.3 is 0 Å². The number of nitrogens with one attached hydrogen (secondary N) is 1. The minimum Gasteiger partial charge on any atom is -0.324 e. The van der Waals surface area contributed by atoms with E-state index in [1.54, 1.807) is 47.6 Å². The first-order valence-corrected chi connectivity index (χ1v) is 10.8. The Morgan fingerprint density at radius 2 is 1.42 bits per heavy atom. The molecule has 3 heterocycles. The summed E-state index contributed by atoms with van der Waals surface area (Å²) in [4.78, 5) is 42.1. The number of anilines is 2. The Hall–Kier alpha value is -4.26. The van der Waals surface area contributed by atoms with Crippen molar-refractivity contribution in [2.24, 2.45) is 16.9 Å². The fraction of sp³-hybridized carbons (Fsp3) is 0.154. The second-order valence-corrected chi connectivity index (χ2v) is 8.40. The Kier molecular flexibility index (Phi) is 4.36. The van der Waals surface area contributed by atoms with Crippen molar-refractivity contribution >= 4 is 35.3 Å². The van der Waals surface area contributed by atoms with Crippen molar-refractivity contribution in [2.45, 2.75) is 12.1 Å². The van der Waals surface area contributed by atoms with E-state index in [4.69, 9.17) is 0 Å². The van der Waals surface area contributed by atoms with Gasteiger partial charge in [0.15, 0.2) is 0 Å². The van der Waals surface area contributed by atoms with Gasteiger partial charge in [0.25, 0.3) is 0 Å². The topological polar surface area (TPSA) is 82.1 Å². The lowest BCUT2D eigenvalue weighted by Gasteiger charge is -2.33. The van der Waals surface area contributed by atoms with Crippen LogP contribution < -0.4 is 10.2 Å². The van der Waals surface area contributed by atoms with Crippen molar-refractivity contribution in [1.29, 1.82) is 0 Å². The number of rotatable bonds is 3. The summed E-state index contributed by atoms with van der Waals surface area (Å²) in [5, 5.41) is 9.10. The highest BCUT2D eigenvalue weighted by atomic mass is 16.2. The fourth-order valence-corrected chi connectivity index (χ4v) is 5.24. The quantitative estimate of drug-likeness (QED) is 0.640. The van der Waals surface area contributed by atoms with E-state index in [1.807, 2.05) is 48.5 Å². The third-order valence-corrected chi connectivity index (χ3v) is 6.62. The Morgan fingerprint density at radius 3 is 2.18 bits per heavy atom. The summed E-state index contributed by atoms with van der Waals surface area (Å²) in [5.74, 6) is -2.57. The van der Waals surface area contributed by atoms with E-state index in [-0.39, 0.29) is 17.7 Å². The van der Waals surface area contributed by atoms with Gasteiger partial charge in [0.05, 0.1) is 29.8 Å². The molecule has 0 spiro atoms. The zero-order valence-electron chi connectivity index (χ0n) is 17.5. The fourth-order valence-electron chi connectivity index (χ4n) is 5.24. The molecule has 2 saturated heterocycles. The largest absolute Gasteiger partial charge is 0.324 e. The average Bonchev–Trinajstić information content (AvgIpc) is 3.33. The molecule has 7 nitrogen and oxygen atoms in total. The summed E-state index contributed by atoms with van der Waals surface area (Å²) < 4.78 is 0. The molecule has 2 fully saturated rings. The highest BCUT2D eigenvalue weighted by molar-refractivity contribution is 6.24. The molecule has 3 aromatic rings. The number of para-hydroxylation sites is 2. The molecule has 0 aliphatic carbocycles. The zero-order valence-corrected chi connectivity index (χ0v) is 17.5. The first kappa shape index (κ1) is 19.4. The maximum atomic E-state index is 13.7. The number of carbonyl (C=O) groups excluding carboxylic acids is 3. The monoisotopic (exact) mass is 436 g/mol. The lowest BCUT2D eigenvalue weighted by atomic mass is 9.85. The van der Waals surface area contributed by atoms with Crippen molar-refractivity contribution in [3.05, 3.63) is 96.1 Å². The van der Waals surface area contributed by atoms with Crippen molar-refractivity contribution in [2.75, 3.05) is 10.2 Å². The van der Waals surface area contributed by atoms with Crippen molar-refractivity contribution in [3.63, 3.8) is 0 Å². The molecule has 0 aromatic heterocycles. The van der Waals surface area contributed by atoms with Crippen molar-refractivity contribution in [1.82, 2.24) is 5.01 Å². The van der Waals surface area contributed by atoms with Gasteiger partial charge in [-0.25, -0.2) is 4.90 Å². The number of fused-ring (bicyclic) bond motifs is 5. The molecule has 3 amide bonds. The van der Waals surface area contributed by atoms with E-state index in [9.17, 15) is 14.4 Å². The third kappa shape index (κ3) is 2.89. The lowest BCUT2D eigenvalue weighted by Crippen LogP contribution is -2.46. The Morgan fingerprint density at radius 1 is 0.788 bits per heavy atom. The van der Waals surface area contributed by atoms with Gasteiger partial charge in [-0.05, 0) is 35.4 Å². The van der Waals surface area contributed by atoms with Crippen LogP contribution in [-0.4, -0.2) is 35.0 Å². The first-order chi connectivity index (χ1) is 16.1. The van der Waals surface area contributed by atoms with Crippen LogP contribution >= 0.6 is 0 Å². The van der Waals surface area contributed by atoms with Crippen LogP contribution in [0, 0.1) is 11.8 Å². The Bertz CT molecular complexity index is 1290. The zero-order chi connectivity index (χ0) is 22.5. The second kappa shape index (κ2) is 7.41. The molecule has 4 atom stereocenters. The van der Waals surface area contributed by atoms with Crippen LogP contribution in [0.15, 0.2) is 90.0 Å². The van der Waals surface area contributed by atoms with Crippen LogP contribution in [0.1, 0.15) is 17.2 Å². The second-order valence-electron chi connectivity index (χ2n) is 8.40. The molecule has 0 radical (unpaired) electrons. The lowest BCUT2D eigenvalue weighted by molar-refractivity contribution is -0.129. The van der Waals surface area contributed by atoms with Crippen LogP contribution in [0.4, 0.5) is 11.4 Å². The predicted molar refractivity (Wildman–Crippen MR) is 123 cm³/mol. The Balaban J connectivity index is 1.45. The molecular formula is C26H20N4O3. The van der Waals surface area contributed by atoms with E-state index >= 15 is 0 Å². The standard InChI is InChI=1S/C26H20N4O3/c31-24(28-17-10-3-1-4-11-17)23-21-20(22-19-14-8-7-9-16(19)15-27-30(22)23)25(32)29(26(21)33)18-12-5-2-6-13-18/h1-15,20-23H,(H,28,31). The molecule has 6 rings (SSSR count). The van der Waals surface area contributed by atoms with Gasteiger partial charge in [-0.1, -0.05) is 60.7 Å². The van der Waals surface area contributed by atoms with E-state index < -0.39 is 23.9 Å². The molecule has 1 N–H and O–H groups in total. The molecule has 0 saturated carbocycles. The van der Waals surface area contributed by atoms with Crippen molar-refractivity contribution < 1.29 is 14.4 Å². The van der Waals surface area contributed by atoms with E-state index in [2.05, 4.69) is 10.4 Å². The van der Waals surface area contributed by atoms with Gasteiger partial charge in [-0.15, -0.1) is 0 Å². The summed E-state index contributed by atoms with van der Waals surface area (Å²) in [5.41, 5.74) is 2.93. The molecular weight excluding hydrogens is 416 g/mol. The minimum absolute atomic E-state index is 0.298. The first-order valence-electron chi connectivity index (χ1n) is 10.8. The van der Waals surface area contributed by atoms with Gasteiger partial charge in [-0.2, -0.15) is 5.10 Å². The highest BCUT2D eigenvalue weighted by Crippen LogP contribution is 2.52. The molecule has 33 heavy (non-hydrogen) atoms. The maximum Gasteiger partial charge on any atom is 0.249 e. The molecule has 3 aliphatic heterocycles. The van der Waals surface area contributed by atoms with Crippen molar-refractivity contribution in [3.8, 4) is 0 Å². The molecule has 3 aliphatic rings. The van der Waals surface area contributed by atoms with Crippen LogP contribution in [0.5, 0.6) is 0 Å². The van der Waals surface area contributed by atoms with Crippen LogP contribution in [-0.2, 0) is 14.4 Å². The van der Waals surface area contributed by atoms with Gasteiger partial charge in [0.1, 0.15) is 6.04 Å². The van der Waals surface area contributed by atoms with Gasteiger partial charge < -0.3 is 5.32 Å². The van der Waals surface area contributed by atoms with Crippen LogP contribution in [0.2, 0.25) is 0 Å². The Labute approximate surface area is 190 Å². The summed E-state index contributed by atoms with van der Waals surface area (Å²) in [6, 6.07) is 24.2. The normalized spacial score (nSPS) is 25.0. The van der Waals surface area contributed by atoms with Gasteiger partial charge in [0.2, 0.25) is 17.7 Å². The third-order valence-electron chi connectivity index (χ3n) is 6.62. The van der Waals surface area contributed by atoms with E-state index in [1.165, 1.54) is 4.90 Å². The highest BCUT2D eigenvalue weighted by Gasteiger charge is 2.65. The van der Waals surface area contributed by atoms with E-state index in [0.29, 0.717) is 11.4 Å². The van der Waals surface area contributed by atoms with Gasteiger partial charge in [0, 0.05) is 5.69 Å². The van der Waals surface area contributed by atoms with Crippen LogP contribution in [0.3, 0.4) is 0 Å². The van der Waals surface area contributed by atoms with E-state index in [0.717, 1.165) is 11.1 Å². The van der Waals surface area contributed by atoms with Gasteiger partial charge in [-0.3, -0.25) is 19.4 Å². The predicted octanol–water partition coefficient (Wildman–Crippen LogP) is 3.20. The SMILES string of the molecule is O=C(Nc1ccccc1)C1C2C(=O)N(c3ccccc3)C(=O)C2C2c3ccccc3C=NN12. The number of hydrazone groups is 1. The summed E-state index contributed by atoms with van der Waals surface area (Å²) in [7, 11) is 0. The number of hydrogen-bond acceptors (Lipinski definition) is 5. The number of imide groups is 1. The number of nitrogens with zero attached hydrogens (tertiary/aromatic N) is 3. The smallest absolute Gasteiger partial charge is 0.249 e. The summed E-state index contributed by atoms with van der Waals surface area (Å²) in [6.07, 6.45) is 1.69.